The van der Waals surface area contributed by atoms with Crippen molar-refractivity contribution < 1.29 is 4.21 Å². The Labute approximate surface area is 108 Å². The van der Waals surface area contributed by atoms with Crippen molar-refractivity contribution >= 4 is 10.8 Å². The van der Waals surface area contributed by atoms with E-state index in [1.54, 1.807) is 0 Å². The molecule has 2 saturated carbocycles. The van der Waals surface area contributed by atoms with Crippen LogP contribution in [0.2, 0.25) is 0 Å². The quantitative estimate of drug-likeness (QED) is 0.793. The van der Waals surface area contributed by atoms with Crippen LogP contribution >= 0.6 is 0 Å². The van der Waals surface area contributed by atoms with Crippen LogP contribution in [0.4, 0.5) is 0 Å². The Morgan fingerprint density at radius 1 is 1.18 bits per heavy atom. The molecule has 2 aliphatic carbocycles. The van der Waals surface area contributed by atoms with Crippen LogP contribution in [-0.2, 0) is 10.8 Å². The lowest BCUT2D eigenvalue weighted by atomic mass is 10.1. The zero-order valence-electron chi connectivity index (χ0n) is 11.1. The lowest BCUT2D eigenvalue weighted by Gasteiger charge is -2.15. The van der Waals surface area contributed by atoms with Gasteiger partial charge in [0.15, 0.2) is 0 Å². The Morgan fingerprint density at radius 3 is 2.65 bits per heavy atom. The van der Waals surface area contributed by atoms with E-state index >= 15 is 0 Å². The van der Waals surface area contributed by atoms with Crippen LogP contribution in [0.3, 0.4) is 0 Å². The normalized spacial score (nSPS) is 32.1. The third-order valence-electron chi connectivity index (χ3n) is 4.31. The fourth-order valence-corrected chi connectivity index (χ4v) is 5.17. The molecule has 1 N–H and O–H groups in total. The molecular weight excluding hydrogens is 230 g/mol. The highest BCUT2D eigenvalue weighted by Crippen LogP contribution is 2.29. The van der Waals surface area contributed by atoms with Crippen LogP contribution in [0.1, 0.15) is 58.3 Å². The molecule has 3 heteroatoms. The van der Waals surface area contributed by atoms with Gasteiger partial charge in [0.2, 0.25) is 0 Å². The summed E-state index contributed by atoms with van der Waals surface area (Å²) in [6.07, 6.45) is 10.2. The summed E-state index contributed by atoms with van der Waals surface area (Å²) in [6, 6.07) is 0.646. The van der Waals surface area contributed by atoms with E-state index in [1.807, 2.05) is 0 Å². The van der Waals surface area contributed by atoms with Crippen molar-refractivity contribution in [3.8, 4) is 0 Å². The van der Waals surface area contributed by atoms with Crippen LogP contribution in [0.15, 0.2) is 0 Å². The van der Waals surface area contributed by atoms with E-state index in [0.717, 1.165) is 24.6 Å². The van der Waals surface area contributed by atoms with Crippen molar-refractivity contribution in [3.63, 3.8) is 0 Å². The fourth-order valence-electron chi connectivity index (χ4n) is 3.26. The zero-order valence-corrected chi connectivity index (χ0v) is 11.9. The number of hydrogen-bond acceptors (Lipinski definition) is 2. The number of hydrogen-bond donors (Lipinski definition) is 1. The first kappa shape index (κ1) is 13.5. The van der Waals surface area contributed by atoms with E-state index in [2.05, 4.69) is 12.2 Å². The Balaban J connectivity index is 1.69. The van der Waals surface area contributed by atoms with Gasteiger partial charge in [-0.15, -0.1) is 0 Å². The second-order valence-electron chi connectivity index (χ2n) is 5.78. The van der Waals surface area contributed by atoms with Crippen molar-refractivity contribution in [3.05, 3.63) is 0 Å². The minimum atomic E-state index is -0.551. The first-order valence-corrected chi connectivity index (χ1v) is 8.78. The minimum absolute atomic E-state index is 0.491. The summed E-state index contributed by atoms with van der Waals surface area (Å²) in [7, 11) is -0.551. The molecule has 3 atom stereocenters. The Morgan fingerprint density at radius 2 is 1.94 bits per heavy atom. The van der Waals surface area contributed by atoms with Crippen LogP contribution in [-0.4, -0.2) is 27.8 Å². The van der Waals surface area contributed by atoms with E-state index in [0.29, 0.717) is 11.3 Å². The fraction of sp³-hybridized carbons (Fsp3) is 1.00. The summed E-state index contributed by atoms with van der Waals surface area (Å²) >= 11 is 0. The molecule has 17 heavy (non-hydrogen) atoms. The lowest BCUT2D eigenvalue weighted by molar-refractivity contribution is 0.523. The molecule has 0 aromatic rings. The highest BCUT2D eigenvalue weighted by molar-refractivity contribution is 7.85. The summed E-state index contributed by atoms with van der Waals surface area (Å²) in [5, 5.41) is 4.07. The molecule has 0 bridgehead atoms. The molecule has 0 spiro atoms. The maximum atomic E-state index is 12.3. The van der Waals surface area contributed by atoms with Gasteiger partial charge in [0.25, 0.3) is 0 Å². The maximum Gasteiger partial charge on any atom is 0.0363 e. The highest BCUT2D eigenvalue weighted by Gasteiger charge is 2.30. The summed E-state index contributed by atoms with van der Waals surface area (Å²) in [4.78, 5) is 0. The maximum absolute atomic E-state index is 12.3. The molecule has 0 aliphatic heterocycles. The standard InChI is InChI=1S/C14H27NOS/c1-2-9-15-13-7-8-14(10-13)17(16)11-12-5-3-4-6-12/h12-15H,2-11H2,1H3. The molecule has 0 saturated heterocycles. The molecule has 2 fully saturated rings. The minimum Gasteiger partial charge on any atom is -0.314 e. The van der Waals surface area contributed by atoms with Crippen LogP contribution in [0.25, 0.3) is 0 Å². The third kappa shape index (κ3) is 4.06. The first-order chi connectivity index (χ1) is 8.29. The van der Waals surface area contributed by atoms with Gasteiger partial charge in [-0.3, -0.25) is 4.21 Å². The first-order valence-electron chi connectivity index (χ1n) is 7.40. The van der Waals surface area contributed by atoms with Gasteiger partial charge in [-0.2, -0.15) is 0 Å². The lowest BCUT2D eigenvalue weighted by Crippen LogP contribution is -2.28. The summed E-state index contributed by atoms with van der Waals surface area (Å²) in [6.45, 7) is 3.32. The Hall–Kier alpha value is 0.110. The van der Waals surface area contributed by atoms with Gasteiger partial charge in [0, 0.05) is 27.8 Å². The van der Waals surface area contributed by atoms with Gasteiger partial charge in [-0.1, -0.05) is 19.8 Å². The topological polar surface area (TPSA) is 29.1 Å². The zero-order chi connectivity index (χ0) is 12.1. The van der Waals surface area contributed by atoms with Gasteiger partial charge < -0.3 is 5.32 Å². The van der Waals surface area contributed by atoms with Crippen LogP contribution in [0, 0.1) is 5.92 Å². The summed E-state index contributed by atoms with van der Waals surface area (Å²) in [5.41, 5.74) is 0. The Kier molecular flexibility index (Phi) is 5.49. The predicted octanol–water partition coefficient (Wildman–Crippen LogP) is 2.85. The predicted molar refractivity (Wildman–Crippen MR) is 74.7 cm³/mol. The van der Waals surface area contributed by atoms with Crippen molar-refractivity contribution in [1.29, 1.82) is 0 Å². The van der Waals surface area contributed by atoms with Crippen molar-refractivity contribution in [2.45, 2.75) is 69.6 Å². The van der Waals surface area contributed by atoms with Gasteiger partial charge >= 0.3 is 0 Å². The molecule has 0 radical (unpaired) electrons. The van der Waals surface area contributed by atoms with E-state index in [1.165, 1.54) is 44.9 Å². The van der Waals surface area contributed by atoms with Gasteiger partial charge in [0.05, 0.1) is 0 Å². The summed E-state index contributed by atoms with van der Waals surface area (Å²) < 4.78 is 12.3. The van der Waals surface area contributed by atoms with Crippen LogP contribution < -0.4 is 5.32 Å². The second kappa shape index (κ2) is 6.89. The molecule has 2 aliphatic rings. The largest absolute Gasteiger partial charge is 0.314 e. The van der Waals surface area contributed by atoms with E-state index < -0.39 is 10.8 Å². The van der Waals surface area contributed by atoms with E-state index in [4.69, 9.17) is 0 Å². The molecular formula is C14H27NOS. The SMILES string of the molecule is CCCNC1CCC(S(=O)CC2CCCC2)C1. The van der Waals surface area contributed by atoms with E-state index in [-0.39, 0.29) is 0 Å². The van der Waals surface area contributed by atoms with Crippen molar-refractivity contribution in [2.24, 2.45) is 5.92 Å². The number of rotatable bonds is 6. The summed E-state index contributed by atoms with van der Waals surface area (Å²) in [5.74, 6) is 1.77. The monoisotopic (exact) mass is 257 g/mol. The van der Waals surface area contributed by atoms with E-state index in [9.17, 15) is 4.21 Å². The van der Waals surface area contributed by atoms with Crippen molar-refractivity contribution in [1.82, 2.24) is 5.32 Å². The number of nitrogens with one attached hydrogen (secondary N) is 1. The Bertz CT molecular complexity index is 251. The molecule has 2 nitrogen and oxygen atoms in total. The second-order valence-corrected chi connectivity index (χ2v) is 7.55. The van der Waals surface area contributed by atoms with Crippen molar-refractivity contribution in [2.75, 3.05) is 12.3 Å². The third-order valence-corrected chi connectivity index (χ3v) is 6.29. The van der Waals surface area contributed by atoms with Gasteiger partial charge in [-0.05, 0) is 51.0 Å². The molecule has 0 aromatic heterocycles. The average Bonchev–Trinajstić information content (AvgIpc) is 2.96. The molecule has 3 unspecified atom stereocenters. The highest BCUT2D eigenvalue weighted by atomic mass is 32.2. The molecule has 0 aromatic carbocycles. The van der Waals surface area contributed by atoms with Gasteiger partial charge in [-0.25, -0.2) is 0 Å². The molecule has 100 valence electrons. The average molecular weight is 257 g/mol. The molecule has 2 rings (SSSR count). The van der Waals surface area contributed by atoms with Crippen LogP contribution in [0.5, 0.6) is 0 Å². The molecule has 0 amide bonds. The smallest absolute Gasteiger partial charge is 0.0363 e. The molecule has 0 heterocycles. The van der Waals surface area contributed by atoms with Gasteiger partial charge in [0.1, 0.15) is 0 Å².